The highest BCUT2D eigenvalue weighted by Crippen LogP contribution is 2.29. The van der Waals surface area contributed by atoms with Crippen molar-refractivity contribution in [2.45, 2.75) is 5.92 Å². The van der Waals surface area contributed by atoms with E-state index in [1.807, 2.05) is 0 Å². The van der Waals surface area contributed by atoms with Crippen molar-refractivity contribution in [3.63, 3.8) is 0 Å². The molecule has 0 aliphatic carbocycles. The van der Waals surface area contributed by atoms with Gasteiger partial charge in [-0.3, -0.25) is 0 Å². The van der Waals surface area contributed by atoms with Gasteiger partial charge in [0, 0.05) is 5.02 Å². The molecular weight excluding hydrogens is 239 g/mol. The fourth-order valence-electron chi connectivity index (χ4n) is 0.736. The maximum absolute atomic E-state index is 12.9. The van der Waals surface area contributed by atoms with E-state index in [-0.39, 0.29) is 10.2 Å². The Morgan fingerprint density at radius 2 is 2.00 bits per heavy atom. The summed E-state index contributed by atoms with van der Waals surface area (Å²) in [5.74, 6) is -6.39. The van der Waals surface area contributed by atoms with Gasteiger partial charge in [0.15, 0.2) is 0 Å². The van der Waals surface area contributed by atoms with Crippen LogP contribution >= 0.6 is 23.2 Å². The van der Waals surface area contributed by atoms with Crippen LogP contribution in [0, 0.1) is 0 Å². The summed E-state index contributed by atoms with van der Waals surface area (Å²) in [5, 5.41) is 7.82. The van der Waals surface area contributed by atoms with E-state index in [1.165, 1.54) is 0 Å². The van der Waals surface area contributed by atoms with Gasteiger partial charge in [-0.05, 0) is 12.1 Å². The zero-order valence-electron chi connectivity index (χ0n) is 6.47. The van der Waals surface area contributed by atoms with Crippen molar-refractivity contribution in [3.8, 4) is 0 Å². The highest BCUT2D eigenvalue weighted by molar-refractivity contribution is 6.33. The molecule has 0 saturated carbocycles. The molecule has 0 aliphatic heterocycles. The van der Waals surface area contributed by atoms with Crippen molar-refractivity contribution in [2.75, 3.05) is 0 Å². The average Bonchev–Trinajstić information content (AvgIpc) is 2.01. The number of aromatic nitrogens is 1. The molecule has 1 rings (SSSR count). The van der Waals surface area contributed by atoms with Crippen LogP contribution in [0.25, 0.3) is 0 Å². The number of rotatable bonds is 2. The lowest BCUT2D eigenvalue weighted by Crippen LogP contribution is -2.26. The first kappa shape index (κ1) is 11.1. The smallest absolute Gasteiger partial charge is 0.384 e. The Bertz CT molecular complexity index is 364. The van der Waals surface area contributed by atoms with Crippen LogP contribution in [0.1, 0.15) is 5.69 Å². The molecule has 0 saturated heterocycles. The quantitative estimate of drug-likeness (QED) is 0.810. The molecular formula is C7H3Cl2F2NO2. The fourth-order valence-corrected chi connectivity index (χ4v) is 1.21. The van der Waals surface area contributed by atoms with E-state index in [1.54, 1.807) is 0 Å². The highest BCUT2D eigenvalue weighted by atomic mass is 35.5. The Hall–Kier alpha value is -0.940. The predicted octanol–water partition coefficient (Wildman–Crippen LogP) is 2.56. The lowest BCUT2D eigenvalue weighted by atomic mass is 10.2. The first-order valence-corrected chi connectivity index (χ1v) is 4.04. The minimum Gasteiger partial charge on any atom is -0.476 e. The first-order chi connectivity index (χ1) is 6.34. The molecule has 1 heterocycles. The zero-order chi connectivity index (χ0) is 10.9. The van der Waals surface area contributed by atoms with Gasteiger partial charge >= 0.3 is 11.9 Å². The Kier molecular flexibility index (Phi) is 2.92. The van der Waals surface area contributed by atoms with Crippen molar-refractivity contribution in [2.24, 2.45) is 0 Å². The Balaban J connectivity index is 3.25. The van der Waals surface area contributed by atoms with E-state index in [0.717, 1.165) is 12.1 Å². The van der Waals surface area contributed by atoms with E-state index < -0.39 is 17.6 Å². The predicted molar refractivity (Wildman–Crippen MR) is 45.8 cm³/mol. The van der Waals surface area contributed by atoms with Gasteiger partial charge in [0.25, 0.3) is 0 Å². The summed E-state index contributed by atoms with van der Waals surface area (Å²) in [5.41, 5.74) is -0.984. The summed E-state index contributed by atoms with van der Waals surface area (Å²) in [6, 6.07) is 1.88. The molecule has 0 bridgehead atoms. The highest BCUT2D eigenvalue weighted by Gasteiger charge is 2.43. The molecule has 0 amide bonds. The number of alkyl halides is 2. The lowest BCUT2D eigenvalue weighted by Gasteiger charge is -2.10. The lowest BCUT2D eigenvalue weighted by molar-refractivity contribution is -0.166. The molecule has 0 unspecified atom stereocenters. The minimum atomic E-state index is -4.09. The Morgan fingerprint density at radius 3 is 2.43 bits per heavy atom. The molecule has 1 aromatic rings. The van der Waals surface area contributed by atoms with E-state index in [9.17, 15) is 13.6 Å². The first-order valence-electron chi connectivity index (χ1n) is 3.29. The average molecular weight is 242 g/mol. The minimum absolute atomic E-state index is 0.0964. The van der Waals surface area contributed by atoms with Crippen LogP contribution < -0.4 is 0 Å². The Morgan fingerprint density at radius 1 is 1.43 bits per heavy atom. The van der Waals surface area contributed by atoms with Crippen LogP contribution in [0.3, 0.4) is 0 Å². The van der Waals surface area contributed by atoms with Crippen molar-refractivity contribution in [1.82, 2.24) is 4.98 Å². The normalized spacial score (nSPS) is 11.4. The van der Waals surface area contributed by atoms with Gasteiger partial charge in [0.05, 0.1) is 0 Å². The summed E-state index contributed by atoms with van der Waals surface area (Å²) >= 11 is 10.7. The summed E-state index contributed by atoms with van der Waals surface area (Å²) in [7, 11) is 0. The largest absolute Gasteiger partial charge is 0.476 e. The zero-order valence-corrected chi connectivity index (χ0v) is 7.98. The van der Waals surface area contributed by atoms with Gasteiger partial charge in [-0.15, -0.1) is 0 Å². The Labute approximate surface area is 87.3 Å². The monoisotopic (exact) mass is 241 g/mol. The van der Waals surface area contributed by atoms with Crippen LogP contribution in [0.4, 0.5) is 8.78 Å². The van der Waals surface area contributed by atoms with Crippen molar-refractivity contribution >= 4 is 29.2 Å². The molecule has 0 fully saturated rings. The fraction of sp³-hybridized carbons (Fsp3) is 0.143. The molecule has 0 atom stereocenters. The molecule has 1 aromatic heterocycles. The molecule has 3 nitrogen and oxygen atoms in total. The number of hydrogen-bond acceptors (Lipinski definition) is 2. The summed E-state index contributed by atoms with van der Waals surface area (Å²) in [4.78, 5) is 13.3. The molecule has 7 heteroatoms. The number of nitrogens with zero attached hydrogens (tertiary/aromatic N) is 1. The second-order valence-corrected chi connectivity index (χ2v) is 3.20. The van der Waals surface area contributed by atoms with Gasteiger partial charge in [-0.2, -0.15) is 8.78 Å². The van der Waals surface area contributed by atoms with Crippen LogP contribution in [-0.4, -0.2) is 16.1 Å². The van der Waals surface area contributed by atoms with Crippen LogP contribution in [0.5, 0.6) is 0 Å². The van der Waals surface area contributed by atoms with E-state index >= 15 is 0 Å². The van der Waals surface area contributed by atoms with Crippen molar-refractivity contribution in [3.05, 3.63) is 28.0 Å². The molecule has 0 spiro atoms. The maximum Gasteiger partial charge on any atom is 0.384 e. The third-order valence-electron chi connectivity index (χ3n) is 1.35. The number of hydrogen-bond donors (Lipinski definition) is 1. The van der Waals surface area contributed by atoms with Gasteiger partial charge in [0.2, 0.25) is 0 Å². The van der Waals surface area contributed by atoms with Crippen molar-refractivity contribution in [1.29, 1.82) is 0 Å². The molecule has 14 heavy (non-hydrogen) atoms. The second-order valence-electron chi connectivity index (χ2n) is 2.37. The standard InChI is InChI=1S/C7H3Cl2F2NO2/c8-3-1-4(12-5(9)2-3)7(10,11)6(13)14/h1-2H,(H,13,14). The maximum atomic E-state index is 12.9. The summed E-state index contributed by atoms with van der Waals surface area (Å²) < 4.78 is 25.7. The molecule has 0 aliphatic rings. The topological polar surface area (TPSA) is 50.2 Å². The number of carbonyl (C=O) groups is 1. The van der Waals surface area contributed by atoms with E-state index in [0.29, 0.717) is 0 Å². The molecule has 0 aromatic carbocycles. The van der Waals surface area contributed by atoms with E-state index in [4.69, 9.17) is 28.3 Å². The van der Waals surface area contributed by atoms with Gasteiger partial charge in [0.1, 0.15) is 10.8 Å². The second kappa shape index (κ2) is 3.67. The van der Waals surface area contributed by atoms with Crippen LogP contribution in [0.2, 0.25) is 10.2 Å². The number of carboxylic acids is 1. The summed E-state index contributed by atoms with van der Waals surface area (Å²) in [6.45, 7) is 0. The number of pyridine rings is 1. The number of carboxylic acid groups (broad SMARTS) is 1. The number of halogens is 4. The van der Waals surface area contributed by atoms with E-state index in [2.05, 4.69) is 4.98 Å². The van der Waals surface area contributed by atoms with Gasteiger partial charge in [-0.1, -0.05) is 23.2 Å². The molecule has 1 N–H and O–H groups in total. The molecule has 76 valence electrons. The number of aliphatic carboxylic acids is 1. The summed E-state index contributed by atoms with van der Waals surface area (Å²) in [6.07, 6.45) is 0. The third-order valence-corrected chi connectivity index (χ3v) is 1.76. The van der Waals surface area contributed by atoms with Crippen LogP contribution in [0.15, 0.2) is 12.1 Å². The van der Waals surface area contributed by atoms with Crippen molar-refractivity contribution < 1.29 is 18.7 Å². The SMILES string of the molecule is O=C(O)C(F)(F)c1cc(Cl)cc(Cl)n1. The van der Waals surface area contributed by atoms with Gasteiger partial charge < -0.3 is 5.11 Å². The third kappa shape index (κ3) is 2.10. The van der Waals surface area contributed by atoms with Crippen LogP contribution in [-0.2, 0) is 10.7 Å². The molecule has 0 radical (unpaired) electrons. The van der Waals surface area contributed by atoms with Gasteiger partial charge in [-0.25, -0.2) is 9.78 Å².